The van der Waals surface area contributed by atoms with Gasteiger partial charge in [0.2, 0.25) is 5.91 Å². The minimum atomic E-state index is -4.83. The van der Waals surface area contributed by atoms with Crippen LogP contribution >= 0.6 is 0 Å². The summed E-state index contributed by atoms with van der Waals surface area (Å²) in [5.74, 6) is -0.624. The van der Waals surface area contributed by atoms with Crippen molar-refractivity contribution in [3.63, 3.8) is 0 Å². The Labute approximate surface area is 281 Å². The first-order valence-corrected chi connectivity index (χ1v) is 15.5. The van der Waals surface area contributed by atoms with Gasteiger partial charge >= 0.3 is 18.4 Å². The van der Waals surface area contributed by atoms with Crippen LogP contribution in [0.1, 0.15) is 44.4 Å². The fourth-order valence-electron chi connectivity index (χ4n) is 5.22. The Morgan fingerprint density at radius 1 is 0.796 bits per heavy atom. The number of halogens is 3. The van der Waals surface area contributed by atoms with Crippen molar-refractivity contribution in [3.05, 3.63) is 108 Å². The summed E-state index contributed by atoms with van der Waals surface area (Å²) in [4.78, 5) is 40.9. The Balaban J connectivity index is 1.27. The first kappa shape index (κ1) is 34.8. The molecule has 1 atom stereocenters. The molecule has 0 aromatic heterocycles. The van der Waals surface area contributed by atoms with Gasteiger partial charge < -0.3 is 24.3 Å². The normalized spacial score (nSPS) is 14.3. The van der Waals surface area contributed by atoms with E-state index in [1.54, 1.807) is 51.1 Å². The van der Waals surface area contributed by atoms with Gasteiger partial charge in [0.25, 0.3) is 0 Å². The molecule has 0 saturated carbocycles. The summed E-state index contributed by atoms with van der Waals surface area (Å²) in [6, 6.07) is 25.6. The lowest BCUT2D eigenvalue weighted by Gasteiger charge is -2.37. The Hall–Kier alpha value is -5.52. The van der Waals surface area contributed by atoms with Crippen molar-refractivity contribution in [2.75, 3.05) is 13.1 Å². The van der Waals surface area contributed by atoms with Crippen molar-refractivity contribution in [2.45, 2.75) is 51.6 Å². The topological polar surface area (TPSA) is 103 Å². The average molecular weight is 677 g/mol. The molecule has 49 heavy (non-hydrogen) atoms. The van der Waals surface area contributed by atoms with E-state index in [-0.39, 0.29) is 31.0 Å². The molecule has 2 amide bonds. The van der Waals surface area contributed by atoms with Crippen LogP contribution in [-0.4, -0.2) is 47.9 Å². The number of fused-ring (bicyclic) bond motifs is 1. The minimum absolute atomic E-state index is 0.0592. The molecule has 0 radical (unpaired) electrons. The summed E-state index contributed by atoms with van der Waals surface area (Å²) in [5.41, 5.74) is 2.44. The van der Waals surface area contributed by atoms with Gasteiger partial charge in [-0.25, -0.2) is 4.79 Å². The second-order valence-corrected chi connectivity index (χ2v) is 12.2. The van der Waals surface area contributed by atoms with Gasteiger partial charge in [0, 0.05) is 13.1 Å². The maximum Gasteiger partial charge on any atom is 0.573 e. The lowest BCUT2D eigenvalue weighted by molar-refractivity contribution is -0.274. The van der Waals surface area contributed by atoms with Gasteiger partial charge in [-0.2, -0.15) is 0 Å². The predicted molar refractivity (Wildman–Crippen MR) is 174 cm³/mol. The number of carbonyl (C=O) groups excluding carboxylic acids is 3. The van der Waals surface area contributed by atoms with Crippen LogP contribution in [0, 0.1) is 0 Å². The van der Waals surface area contributed by atoms with E-state index >= 15 is 0 Å². The van der Waals surface area contributed by atoms with E-state index in [1.165, 1.54) is 17.0 Å². The van der Waals surface area contributed by atoms with E-state index in [2.05, 4.69) is 10.1 Å². The van der Waals surface area contributed by atoms with Gasteiger partial charge in [-0.15, -0.1) is 13.2 Å². The molecule has 0 bridgehead atoms. The molecule has 1 aliphatic heterocycles. The van der Waals surface area contributed by atoms with Gasteiger partial charge in [-0.05, 0) is 98.0 Å². The molecule has 9 nitrogen and oxygen atoms in total. The Kier molecular flexibility index (Phi) is 10.5. The molecule has 0 unspecified atom stereocenters. The standard InChI is InChI=1S/C37H35F3N2O7/c1-36(2,3)49-35(45)42-22-20-26-11-14-30(46-27-15-17-29(18-16-27)48-37(38,39)40)23-31(26)33(42)34(44)41-21-19-32(43)47-28-12-9-25(10-13-28)24-7-5-4-6-8-24/h4-18,23,33H,19-22H2,1-3H3,(H,41,44)/t33-/m0/s1. The lowest BCUT2D eigenvalue weighted by Crippen LogP contribution is -2.49. The van der Waals surface area contributed by atoms with Crippen LogP contribution in [0.4, 0.5) is 18.0 Å². The molecule has 4 aromatic rings. The molecule has 4 aromatic carbocycles. The molecule has 0 saturated heterocycles. The zero-order valence-electron chi connectivity index (χ0n) is 27.1. The molecule has 0 spiro atoms. The second-order valence-electron chi connectivity index (χ2n) is 12.2. The third-order valence-corrected chi connectivity index (χ3v) is 7.34. The highest BCUT2D eigenvalue weighted by Gasteiger charge is 2.38. The van der Waals surface area contributed by atoms with Crippen LogP contribution in [0.15, 0.2) is 97.1 Å². The minimum Gasteiger partial charge on any atom is -0.457 e. The molecule has 12 heteroatoms. The number of hydrogen-bond donors (Lipinski definition) is 1. The first-order chi connectivity index (χ1) is 23.2. The van der Waals surface area contributed by atoms with Gasteiger partial charge in [-0.3, -0.25) is 14.5 Å². The smallest absolute Gasteiger partial charge is 0.457 e. The van der Waals surface area contributed by atoms with Crippen molar-refractivity contribution in [3.8, 4) is 34.1 Å². The monoisotopic (exact) mass is 676 g/mol. The van der Waals surface area contributed by atoms with Crippen LogP contribution < -0.4 is 19.5 Å². The number of amides is 2. The van der Waals surface area contributed by atoms with E-state index in [9.17, 15) is 27.6 Å². The average Bonchev–Trinajstić information content (AvgIpc) is 3.04. The fraction of sp³-hybridized carbons (Fsp3) is 0.270. The van der Waals surface area contributed by atoms with E-state index in [0.29, 0.717) is 17.7 Å². The molecule has 256 valence electrons. The molecular weight excluding hydrogens is 641 g/mol. The van der Waals surface area contributed by atoms with Crippen molar-refractivity contribution in [1.82, 2.24) is 10.2 Å². The van der Waals surface area contributed by atoms with Crippen LogP contribution in [0.2, 0.25) is 0 Å². The second kappa shape index (κ2) is 14.7. The highest BCUT2D eigenvalue weighted by atomic mass is 19.4. The molecule has 0 aliphatic carbocycles. The number of rotatable bonds is 9. The van der Waals surface area contributed by atoms with E-state index in [4.69, 9.17) is 14.2 Å². The fourth-order valence-corrected chi connectivity index (χ4v) is 5.22. The predicted octanol–water partition coefficient (Wildman–Crippen LogP) is 7.99. The van der Waals surface area contributed by atoms with E-state index < -0.39 is 41.7 Å². The number of esters is 1. The number of carbonyl (C=O) groups is 3. The van der Waals surface area contributed by atoms with Crippen molar-refractivity contribution < 1.29 is 46.5 Å². The number of ether oxygens (including phenoxy) is 4. The summed E-state index contributed by atoms with van der Waals surface area (Å²) in [6.45, 7) is 5.29. The highest BCUT2D eigenvalue weighted by molar-refractivity contribution is 5.88. The number of hydrogen-bond acceptors (Lipinski definition) is 7. The van der Waals surface area contributed by atoms with Gasteiger partial charge in [-0.1, -0.05) is 48.5 Å². The maximum absolute atomic E-state index is 13.7. The summed E-state index contributed by atoms with van der Waals surface area (Å²) in [7, 11) is 0. The Bertz CT molecular complexity index is 1770. The zero-order chi connectivity index (χ0) is 35.2. The van der Waals surface area contributed by atoms with Crippen LogP contribution in [0.25, 0.3) is 11.1 Å². The first-order valence-electron chi connectivity index (χ1n) is 15.5. The number of nitrogens with zero attached hydrogens (tertiary/aromatic N) is 1. The maximum atomic E-state index is 13.7. The van der Waals surface area contributed by atoms with Crippen molar-refractivity contribution in [2.24, 2.45) is 0 Å². The Morgan fingerprint density at radius 2 is 1.41 bits per heavy atom. The molecule has 1 aliphatic rings. The largest absolute Gasteiger partial charge is 0.573 e. The zero-order valence-corrected chi connectivity index (χ0v) is 27.1. The Morgan fingerprint density at radius 3 is 2.06 bits per heavy atom. The SMILES string of the molecule is CC(C)(C)OC(=O)N1CCc2ccc(Oc3ccc(OC(F)(F)F)cc3)cc2[C@H]1C(=O)NCCC(=O)Oc1ccc(-c2ccccc2)cc1. The third kappa shape index (κ3) is 9.75. The number of alkyl halides is 3. The van der Waals surface area contributed by atoms with E-state index in [0.717, 1.165) is 28.8 Å². The third-order valence-electron chi connectivity index (χ3n) is 7.34. The van der Waals surface area contributed by atoms with Crippen LogP contribution in [-0.2, 0) is 20.7 Å². The van der Waals surface area contributed by atoms with Gasteiger partial charge in [0.05, 0.1) is 6.42 Å². The van der Waals surface area contributed by atoms with E-state index in [1.807, 2.05) is 42.5 Å². The number of nitrogens with one attached hydrogen (secondary N) is 1. The summed E-state index contributed by atoms with van der Waals surface area (Å²) in [6.07, 6.45) is -5.22. The van der Waals surface area contributed by atoms with Crippen molar-refractivity contribution >= 4 is 18.0 Å². The molecule has 1 heterocycles. The molecule has 1 N–H and O–H groups in total. The molecular formula is C37H35F3N2O7. The summed E-state index contributed by atoms with van der Waals surface area (Å²) in [5, 5.41) is 2.75. The van der Waals surface area contributed by atoms with Gasteiger partial charge in [0.15, 0.2) is 0 Å². The number of benzene rings is 4. The summed E-state index contributed by atoms with van der Waals surface area (Å²) >= 11 is 0. The van der Waals surface area contributed by atoms with Crippen LogP contribution in [0.3, 0.4) is 0 Å². The molecule has 5 rings (SSSR count). The van der Waals surface area contributed by atoms with Crippen LogP contribution in [0.5, 0.6) is 23.0 Å². The molecule has 0 fully saturated rings. The lowest BCUT2D eigenvalue weighted by atomic mass is 9.92. The van der Waals surface area contributed by atoms with Crippen molar-refractivity contribution in [1.29, 1.82) is 0 Å². The van der Waals surface area contributed by atoms with Gasteiger partial charge in [0.1, 0.15) is 34.6 Å². The summed E-state index contributed by atoms with van der Waals surface area (Å²) < 4.78 is 58.5. The highest BCUT2D eigenvalue weighted by Crippen LogP contribution is 2.36. The quantitative estimate of drug-likeness (QED) is 0.142.